The summed E-state index contributed by atoms with van der Waals surface area (Å²) < 4.78 is 39.6. The fourth-order valence-corrected chi connectivity index (χ4v) is 13.9. The van der Waals surface area contributed by atoms with E-state index in [9.17, 15) is 38.3 Å². The molecule has 557 valence electrons. The van der Waals surface area contributed by atoms with Crippen LogP contribution in [0.5, 0.6) is 0 Å². The molecule has 5 N–H and O–H groups in total. The highest BCUT2D eigenvalue weighted by Gasteiger charge is 2.23. The molecule has 0 aliphatic heterocycles. The topological polar surface area (TPSA) is 206 Å². The highest BCUT2D eigenvalue weighted by molar-refractivity contribution is 7.91. The molecule has 0 aromatic heterocycles. The Morgan fingerprint density at radius 1 is 0.389 bits per heavy atom. The van der Waals surface area contributed by atoms with Gasteiger partial charge in [-0.25, -0.2) is 0 Å². The molecule has 4 amide bonds. The fourth-order valence-electron chi connectivity index (χ4n) is 12.1. The van der Waals surface area contributed by atoms with E-state index in [-0.39, 0.29) is 74.1 Å². The molecule has 17 heteroatoms. The molecule has 0 saturated heterocycles. The fraction of sp³-hybridized carbons (Fsp3) is 0.923. The Kier molecular flexibility index (Phi) is 71.8. The molecule has 0 heterocycles. The first kappa shape index (κ1) is 90.3. The van der Waals surface area contributed by atoms with Crippen LogP contribution in [0.4, 0.5) is 0 Å². The van der Waals surface area contributed by atoms with Gasteiger partial charge in [-0.3, -0.25) is 28.8 Å². The lowest BCUT2D eigenvalue weighted by atomic mass is 10.0. The van der Waals surface area contributed by atoms with Crippen LogP contribution in [0.1, 0.15) is 414 Å². The van der Waals surface area contributed by atoms with Crippen molar-refractivity contribution in [2.24, 2.45) is 0 Å². The predicted octanol–water partition coefficient (Wildman–Crippen LogP) is 20.1. The first-order chi connectivity index (χ1) is 47.2. The lowest BCUT2D eigenvalue weighted by Gasteiger charge is -2.21. The Balaban J connectivity index is 0. The molecular weight excluding hydrogens is 1220 g/mol. The summed E-state index contributed by atoms with van der Waals surface area (Å²) >= 11 is 0. The number of aliphatic hydroxyl groups is 1. The second-order valence-electron chi connectivity index (χ2n) is 27.8. The molecular formula is C78H153BN4O10PSi. The van der Waals surface area contributed by atoms with Gasteiger partial charge >= 0.3 is 11.9 Å². The van der Waals surface area contributed by atoms with Gasteiger partial charge < -0.3 is 40.3 Å². The molecule has 0 spiro atoms. The highest BCUT2D eigenvalue weighted by Crippen LogP contribution is 2.20. The molecule has 0 bridgehead atoms. The SMILES string of the molecule is CCCCCCCCCCCCCC(=O)N[C@@H](CO)CNC(=O)C[C@@H](CCCCCCC)OC(=O)CCCCCCCCCCC.[2H]P([B][3H])[Si](=O)C[C@@H](CNC(=O)C[C@@H](CCCCCCC)OC(=O)CCCCCCCCCCC)NC(=O)CCCCCCCCCCCCC. The molecule has 1 unspecified atom stereocenters. The van der Waals surface area contributed by atoms with Gasteiger partial charge in [-0.15, -0.1) is 7.95 Å². The zero-order valence-corrected chi connectivity index (χ0v) is 64.7. The molecule has 0 saturated carbocycles. The molecule has 0 aliphatic carbocycles. The van der Waals surface area contributed by atoms with Gasteiger partial charge in [-0.05, 0) is 52.7 Å². The maximum atomic E-state index is 13.1. The van der Waals surface area contributed by atoms with Crippen molar-refractivity contribution in [3.63, 3.8) is 0 Å². The number of amides is 4. The quantitative estimate of drug-likeness (QED) is 0.0169. The van der Waals surface area contributed by atoms with E-state index in [1.807, 2.05) is 0 Å². The van der Waals surface area contributed by atoms with Crippen LogP contribution in [0.25, 0.3) is 0 Å². The molecule has 5 atom stereocenters. The van der Waals surface area contributed by atoms with Gasteiger partial charge in [0, 0.05) is 50.9 Å². The van der Waals surface area contributed by atoms with Crippen LogP contribution in [0.3, 0.4) is 0 Å². The van der Waals surface area contributed by atoms with Crippen molar-refractivity contribution in [1.29, 1.82) is 2.61 Å². The summed E-state index contributed by atoms with van der Waals surface area (Å²) in [6.07, 6.45) is 61.1. The minimum Gasteiger partial charge on any atom is -0.462 e. The Hall–Kier alpha value is -2.71. The number of ether oxygens (including phenoxy) is 2. The Bertz CT molecular complexity index is 1840. The first-order valence-corrected chi connectivity index (χ1v) is 43.8. The number of hydrogen-bond acceptors (Lipinski definition) is 10. The van der Waals surface area contributed by atoms with E-state index in [1.165, 1.54) is 193 Å². The van der Waals surface area contributed by atoms with Crippen LogP contribution in [0, 0.1) is 0 Å². The molecule has 0 aliphatic rings. The standard InChI is InChI=1S/C39H77BN2O5PSi.C39H76N2O5/c1-4-7-10-13-15-17-18-20-21-24-27-30-37(43)42-35(34-49(46)48-40)33-41-38(44)32-36(29-26-23-12-9-6-3)47-39(45)31-28-25-22-19-16-14-11-8-5-2;1-4-7-10-13-15-17-18-20-21-24-27-30-37(43)41-35(34-42)33-40-38(44)32-36(29-26-23-12-9-6-3)46-39(45)31-28-25-22-19-16-14-11-8-5-2/h35-36,40,48H,4-34H2,1-3H3,(H,41,44)(H,42,43);35-36,42H,4-34H2,1-3H3,(H,40,44)(H,41,43)/t35-,36-,48?;35-,36-/m11/s1/i40T,48D;. The van der Waals surface area contributed by atoms with Gasteiger partial charge in [0.05, 0.1) is 26.8 Å². The molecule has 0 aromatic rings. The van der Waals surface area contributed by atoms with E-state index < -0.39 is 40.6 Å². The minimum atomic E-state index is -2.43. The van der Waals surface area contributed by atoms with Crippen LogP contribution < -0.4 is 21.3 Å². The van der Waals surface area contributed by atoms with Crippen molar-refractivity contribution >= 4 is 59.4 Å². The summed E-state index contributed by atoms with van der Waals surface area (Å²) in [5.74, 6) is -1.16. The third-order valence-corrected chi connectivity index (χ3v) is 20.8. The van der Waals surface area contributed by atoms with Crippen LogP contribution in [-0.4, -0.2) is 103 Å². The van der Waals surface area contributed by atoms with E-state index in [2.05, 4.69) is 62.8 Å². The van der Waals surface area contributed by atoms with Crippen LogP contribution >= 0.6 is 7.95 Å². The zero-order valence-electron chi connectivity index (χ0n) is 64.8. The molecule has 95 heavy (non-hydrogen) atoms. The second kappa shape index (κ2) is 75.5. The number of hydrogen-bond donors (Lipinski definition) is 5. The van der Waals surface area contributed by atoms with E-state index in [0.717, 1.165) is 136 Å². The summed E-state index contributed by atoms with van der Waals surface area (Å²) in [6, 6.07) is -1.02. The summed E-state index contributed by atoms with van der Waals surface area (Å²) in [4.78, 5) is 76.4. The van der Waals surface area contributed by atoms with E-state index in [1.54, 1.807) is 0 Å². The first-order valence-electron chi connectivity index (χ1n) is 41.4. The summed E-state index contributed by atoms with van der Waals surface area (Å²) in [7, 11) is -3.29. The van der Waals surface area contributed by atoms with Crippen molar-refractivity contribution in [3.8, 4) is 0 Å². The number of aliphatic hydroxyl groups excluding tert-OH is 1. The Morgan fingerprint density at radius 3 is 0.926 bits per heavy atom. The van der Waals surface area contributed by atoms with Crippen LogP contribution in [-0.2, 0) is 42.7 Å². The Labute approximate surface area is 592 Å². The van der Waals surface area contributed by atoms with Crippen LogP contribution in [0.2, 0.25) is 6.04 Å². The van der Waals surface area contributed by atoms with E-state index in [4.69, 9.17) is 12.1 Å². The highest BCUT2D eigenvalue weighted by atomic mass is 31.3. The van der Waals surface area contributed by atoms with Gasteiger partial charge in [-0.1, -0.05) is 324 Å². The number of rotatable bonds is 73. The predicted molar refractivity (Wildman–Crippen MR) is 405 cm³/mol. The molecule has 1 radical (unpaired) electrons. The third kappa shape index (κ3) is 70.9. The van der Waals surface area contributed by atoms with Crippen molar-refractivity contribution < 1.29 is 47.8 Å². The average molecular weight is 1380 g/mol. The second-order valence-corrected chi connectivity index (χ2v) is 31.5. The van der Waals surface area contributed by atoms with Gasteiger partial charge in [0.25, 0.3) is 8.35 Å². The summed E-state index contributed by atoms with van der Waals surface area (Å²) in [6.45, 7) is 13.3. The number of esters is 2. The Morgan fingerprint density at radius 2 is 0.642 bits per heavy atom. The number of carbonyl (C=O) groups is 6. The monoisotopic (exact) mass is 1380 g/mol. The minimum absolute atomic E-state index is 0.0531. The van der Waals surface area contributed by atoms with Gasteiger partial charge in [0.15, 0.2) is 0 Å². The maximum absolute atomic E-state index is 13.1. The number of carbonyl (C=O) groups excluding carboxylic acids is 6. The van der Waals surface area contributed by atoms with Gasteiger partial charge in [0.2, 0.25) is 23.6 Å². The zero-order chi connectivity index (χ0) is 71.7. The van der Waals surface area contributed by atoms with Crippen molar-refractivity contribution in [2.45, 2.75) is 444 Å². The number of nitrogens with one attached hydrogen (secondary N) is 4. The van der Waals surface area contributed by atoms with Crippen molar-refractivity contribution in [2.75, 3.05) is 19.7 Å². The normalized spacial score (nSPS) is 13.0. The molecule has 0 rings (SSSR count). The van der Waals surface area contributed by atoms with Crippen LogP contribution in [0.15, 0.2) is 0 Å². The molecule has 0 aromatic carbocycles. The third-order valence-electron chi connectivity index (χ3n) is 18.3. The summed E-state index contributed by atoms with van der Waals surface area (Å²) in [5, 5.41) is 21.3. The van der Waals surface area contributed by atoms with E-state index in [0.29, 0.717) is 38.5 Å². The van der Waals surface area contributed by atoms with Gasteiger partial charge in [-0.2, -0.15) is 0 Å². The average Bonchev–Trinajstić information content (AvgIpc) is 2.33. The smallest absolute Gasteiger partial charge is 0.306 e. The maximum Gasteiger partial charge on any atom is 0.306 e. The van der Waals surface area contributed by atoms with Crippen molar-refractivity contribution in [1.82, 2.24) is 21.3 Å². The molecule has 0 fully saturated rings. The summed E-state index contributed by atoms with van der Waals surface area (Å²) in [5.41, 5.74) is 0. The van der Waals surface area contributed by atoms with Gasteiger partial charge in [0.1, 0.15) is 19.7 Å². The molecule has 14 nitrogen and oxygen atoms in total. The largest absolute Gasteiger partial charge is 0.462 e. The van der Waals surface area contributed by atoms with Crippen molar-refractivity contribution in [3.05, 3.63) is 0 Å². The lowest BCUT2D eigenvalue weighted by molar-refractivity contribution is -0.152. The van der Waals surface area contributed by atoms with E-state index >= 15 is 0 Å². The number of unbranched alkanes of at least 4 members (excludes halogenated alkanes) is 44. The lowest BCUT2D eigenvalue weighted by Crippen LogP contribution is -2.46.